The maximum atomic E-state index is 6.56. The van der Waals surface area contributed by atoms with Crippen molar-refractivity contribution in [1.29, 1.82) is 0 Å². The van der Waals surface area contributed by atoms with Crippen LogP contribution in [-0.2, 0) is 0 Å². The monoisotopic (exact) mass is 641 g/mol. The molecule has 6 aromatic carbocycles. The first-order chi connectivity index (χ1) is 24.8. The van der Waals surface area contributed by atoms with E-state index in [0.717, 1.165) is 73.6 Å². The first-order valence-electron chi connectivity index (χ1n) is 17.1. The van der Waals surface area contributed by atoms with Crippen LogP contribution in [0.3, 0.4) is 0 Å². The van der Waals surface area contributed by atoms with Crippen molar-refractivity contribution in [3.8, 4) is 39.5 Å². The number of fused-ring (bicyclic) bond motifs is 6. The Balaban J connectivity index is 1.16. The summed E-state index contributed by atoms with van der Waals surface area (Å²) in [6.07, 6.45) is 5.41. The summed E-state index contributed by atoms with van der Waals surface area (Å²) in [4.78, 5) is 10.5. The normalized spacial score (nSPS) is 14.0. The van der Waals surface area contributed by atoms with Gasteiger partial charge in [-0.25, -0.2) is 9.97 Å². The molecule has 0 N–H and O–H groups in total. The number of aromatic nitrogens is 3. The van der Waals surface area contributed by atoms with Gasteiger partial charge in [-0.05, 0) is 53.5 Å². The van der Waals surface area contributed by atoms with Gasteiger partial charge in [0.2, 0.25) is 0 Å². The van der Waals surface area contributed by atoms with Gasteiger partial charge in [0.1, 0.15) is 5.58 Å². The average molecular weight is 642 g/mol. The van der Waals surface area contributed by atoms with Crippen molar-refractivity contribution in [1.82, 2.24) is 14.5 Å². The van der Waals surface area contributed by atoms with Gasteiger partial charge < -0.3 is 8.98 Å². The summed E-state index contributed by atoms with van der Waals surface area (Å²) in [5.74, 6) is 0.761. The summed E-state index contributed by atoms with van der Waals surface area (Å²) >= 11 is 0. The lowest BCUT2D eigenvalue weighted by Crippen LogP contribution is -2.10. The fourth-order valence-electron chi connectivity index (χ4n) is 7.66. The highest BCUT2D eigenvalue weighted by Crippen LogP contribution is 2.45. The van der Waals surface area contributed by atoms with Crippen molar-refractivity contribution in [2.24, 2.45) is 0 Å². The first kappa shape index (κ1) is 28.5. The zero-order valence-corrected chi connectivity index (χ0v) is 27.2. The van der Waals surface area contributed by atoms with Crippen LogP contribution in [0.5, 0.6) is 0 Å². The van der Waals surface area contributed by atoms with Crippen molar-refractivity contribution in [2.45, 2.75) is 12.3 Å². The van der Waals surface area contributed by atoms with Crippen LogP contribution in [0, 0.1) is 0 Å². The number of furan rings is 1. The highest BCUT2D eigenvalue weighted by molar-refractivity contribution is 6.08. The molecule has 4 heteroatoms. The van der Waals surface area contributed by atoms with E-state index in [9.17, 15) is 0 Å². The molecule has 236 valence electrons. The van der Waals surface area contributed by atoms with Crippen LogP contribution in [0.4, 0.5) is 0 Å². The SMILES string of the molecule is C1=Cc2c(c3ccccc3n2-c2cccc3c2oc2ccccc23)C(c2cc(-c3ccccc3)nc(-c3ccc(-c4ccccc4)cc3)n2)C1. The lowest BCUT2D eigenvalue weighted by Gasteiger charge is -2.22. The van der Waals surface area contributed by atoms with E-state index >= 15 is 0 Å². The molecule has 3 aromatic heterocycles. The summed E-state index contributed by atoms with van der Waals surface area (Å²) in [5.41, 5.74) is 12.8. The maximum Gasteiger partial charge on any atom is 0.160 e. The highest BCUT2D eigenvalue weighted by Gasteiger charge is 2.29. The van der Waals surface area contributed by atoms with E-state index in [-0.39, 0.29) is 5.92 Å². The molecular formula is C46H31N3O. The predicted octanol–water partition coefficient (Wildman–Crippen LogP) is 11.9. The second-order valence-electron chi connectivity index (χ2n) is 12.9. The summed E-state index contributed by atoms with van der Waals surface area (Å²) < 4.78 is 8.93. The molecule has 50 heavy (non-hydrogen) atoms. The number of nitrogens with zero attached hydrogens (tertiary/aromatic N) is 3. The molecule has 1 atom stereocenters. The van der Waals surface area contributed by atoms with Gasteiger partial charge >= 0.3 is 0 Å². The molecule has 0 fully saturated rings. The number of hydrogen-bond acceptors (Lipinski definition) is 3. The molecule has 0 saturated carbocycles. The van der Waals surface area contributed by atoms with E-state index in [2.05, 4.69) is 150 Å². The molecule has 1 unspecified atom stereocenters. The molecule has 0 bridgehead atoms. The van der Waals surface area contributed by atoms with Crippen LogP contribution >= 0.6 is 0 Å². The third kappa shape index (κ3) is 4.61. The van der Waals surface area contributed by atoms with Crippen molar-refractivity contribution >= 4 is 38.9 Å². The van der Waals surface area contributed by atoms with E-state index < -0.39 is 0 Å². The molecule has 0 amide bonds. The first-order valence-corrected chi connectivity index (χ1v) is 17.1. The van der Waals surface area contributed by atoms with Crippen LogP contribution in [0.2, 0.25) is 0 Å². The number of allylic oxidation sites excluding steroid dienone is 1. The number of para-hydroxylation sites is 3. The topological polar surface area (TPSA) is 43.9 Å². The second-order valence-corrected chi connectivity index (χ2v) is 12.9. The minimum Gasteiger partial charge on any atom is -0.454 e. The second kappa shape index (κ2) is 11.6. The van der Waals surface area contributed by atoms with Gasteiger partial charge in [0.25, 0.3) is 0 Å². The Morgan fingerprint density at radius 3 is 2.04 bits per heavy atom. The molecule has 3 heterocycles. The van der Waals surface area contributed by atoms with Crippen molar-refractivity contribution in [3.05, 3.63) is 181 Å². The third-order valence-corrected chi connectivity index (χ3v) is 10.00. The van der Waals surface area contributed by atoms with Gasteiger partial charge in [0.15, 0.2) is 11.4 Å². The number of hydrogen-bond donors (Lipinski definition) is 0. The van der Waals surface area contributed by atoms with Crippen molar-refractivity contribution in [2.75, 3.05) is 0 Å². The minimum absolute atomic E-state index is 0.0313. The fraction of sp³-hybridized carbons (Fsp3) is 0.0435. The summed E-state index contributed by atoms with van der Waals surface area (Å²) in [6, 6.07) is 55.2. The molecule has 0 aliphatic heterocycles. The number of rotatable bonds is 5. The Morgan fingerprint density at radius 2 is 1.22 bits per heavy atom. The van der Waals surface area contributed by atoms with Crippen molar-refractivity contribution in [3.63, 3.8) is 0 Å². The quantitative estimate of drug-likeness (QED) is 0.188. The molecule has 9 aromatic rings. The van der Waals surface area contributed by atoms with Gasteiger partial charge in [-0.1, -0.05) is 140 Å². The Hall–Kier alpha value is -6.52. The van der Waals surface area contributed by atoms with Crippen LogP contribution in [0.25, 0.3) is 78.4 Å². The van der Waals surface area contributed by atoms with Gasteiger partial charge in [-0.3, -0.25) is 0 Å². The standard InChI is InChI=1S/C46H31N3O/c1-3-13-30(14-4-1)31-25-27-33(28-26-31)46-47-38(32-15-5-2-6-16-32)29-39(48-46)36-20-12-22-41-44(36)37-18-7-9-21-40(37)49(41)42-23-11-19-35-34-17-8-10-24-43(34)50-45(35)42/h1-19,21-29,36H,20H2. The lowest BCUT2D eigenvalue weighted by molar-refractivity contribution is 0.665. The van der Waals surface area contributed by atoms with Gasteiger partial charge in [0, 0.05) is 33.2 Å². The molecule has 1 aliphatic rings. The minimum atomic E-state index is 0.0313. The Morgan fingerprint density at radius 1 is 0.560 bits per heavy atom. The van der Waals surface area contributed by atoms with Crippen LogP contribution < -0.4 is 0 Å². The predicted molar refractivity (Wildman–Crippen MR) is 204 cm³/mol. The largest absolute Gasteiger partial charge is 0.454 e. The summed E-state index contributed by atoms with van der Waals surface area (Å²) in [6.45, 7) is 0. The highest BCUT2D eigenvalue weighted by atomic mass is 16.3. The Kier molecular flexibility index (Phi) is 6.59. The van der Waals surface area contributed by atoms with Crippen LogP contribution in [0.1, 0.15) is 29.3 Å². The summed E-state index contributed by atoms with van der Waals surface area (Å²) in [7, 11) is 0. The Bertz CT molecular complexity index is 2720. The zero-order valence-electron chi connectivity index (χ0n) is 27.2. The van der Waals surface area contributed by atoms with Gasteiger partial charge in [0.05, 0.1) is 28.3 Å². The molecule has 4 nitrogen and oxygen atoms in total. The van der Waals surface area contributed by atoms with Crippen LogP contribution in [0.15, 0.2) is 168 Å². The van der Waals surface area contributed by atoms with E-state index in [4.69, 9.17) is 14.4 Å². The fourth-order valence-corrected chi connectivity index (χ4v) is 7.66. The molecule has 0 spiro atoms. The smallest absolute Gasteiger partial charge is 0.160 e. The van der Waals surface area contributed by atoms with E-state index in [1.54, 1.807) is 0 Å². The summed E-state index contributed by atoms with van der Waals surface area (Å²) in [5, 5.41) is 3.47. The lowest BCUT2D eigenvalue weighted by atomic mass is 9.86. The van der Waals surface area contributed by atoms with Crippen LogP contribution in [-0.4, -0.2) is 14.5 Å². The number of benzene rings is 6. The molecular weight excluding hydrogens is 611 g/mol. The van der Waals surface area contributed by atoms with Gasteiger partial charge in [-0.15, -0.1) is 0 Å². The average Bonchev–Trinajstić information content (AvgIpc) is 3.75. The van der Waals surface area contributed by atoms with E-state index in [0.29, 0.717) is 0 Å². The van der Waals surface area contributed by atoms with Gasteiger partial charge in [-0.2, -0.15) is 0 Å². The third-order valence-electron chi connectivity index (χ3n) is 10.00. The Labute approximate surface area is 289 Å². The van der Waals surface area contributed by atoms with Crippen molar-refractivity contribution < 1.29 is 4.42 Å². The molecule has 1 aliphatic carbocycles. The molecule has 0 saturated heterocycles. The maximum absolute atomic E-state index is 6.56. The van der Waals surface area contributed by atoms with E-state index in [1.807, 2.05) is 24.3 Å². The van der Waals surface area contributed by atoms with E-state index in [1.165, 1.54) is 22.1 Å². The molecule has 0 radical (unpaired) electrons. The molecule has 10 rings (SSSR count). The zero-order chi connectivity index (χ0) is 33.0.